The molecule has 0 fully saturated rings. The lowest BCUT2D eigenvalue weighted by Gasteiger charge is -2.12. The molecular formula is C14H18O3. The van der Waals surface area contributed by atoms with Crippen LogP contribution in [0.25, 0.3) is 0 Å². The molecule has 0 aliphatic heterocycles. The molecule has 0 saturated heterocycles. The number of ether oxygens (including phenoxy) is 1. The summed E-state index contributed by atoms with van der Waals surface area (Å²) in [4.78, 5) is 10.6. The molecule has 1 N–H and O–H groups in total. The van der Waals surface area contributed by atoms with E-state index in [2.05, 4.69) is 12.1 Å². The average Bonchev–Trinajstić information content (AvgIpc) is 2.73. The molecule has 92 valence electrons. The maximum absolute atomic E-state index is 10.6. The molecule has 1 aliphatic rings. The lowest BCUT2D eigenvalue weighted by molar-refractivity contribution is -0.136. The van der Waals surface area contributed by atoms with E-state index in [0.717, 1.165) is 24.2 Å². The summed E-state index contributed by atoms with van der Waals surface area (Å²) in [5.41, 5.74) is 3.77. The predicted octanol–water partition coefficient (Wildman–Crippen LogP) is 2.59. The van der Waals surface area contributed by atoms with Crippen molar-refractivity contribution in [2.45, 2.75) is 39.0 Å². The topological polar surface area (TPSA) is 46.5 Å². The molecule has 0 bridgehead atoms. The summed E-state index contributed by atoms with van der Waals surface area (Å²) in [7, 11) is 0. The van der Waals surface area contributed by atoms with Crippen molar-refractivity contribution in [2.75, 3.05) is 6.61 Å². The minimum absolute atomic E-state index is 0.166. The molecule has 17 heavy (non-hydrogen) atoms. The van der Waals surface area contributed by atoms with Crippen LogP contribution < -0.4 is 4.74 Å². The fourth-order valence-corrected chi connectivity index (χ4v) is 2.38. The number of benzene rings is 1. The molecule has 3 heteroatoms. The number of hydrogen-bond donors (Lipinski definition) is 1. The van der Waals surface area contributed by atoms with Crippen molar-refractivity contribution in [3.63, 3.8) is 0 Å². The van der Waals surface area contributed by atoms with Crippen molar-refractivity contribution in [1.82, 2.24) is 0 Å². The predicted molar refractivity (Wildman–Crippen MR) is 65.6 cm³/mol. The van der Waals surface area contributed by atoms with Crippen LogP contribution in [0.4, 0.5) is 0 Å². The molecule has 0 spiro atoms. The number of carbonyl (C=O) groups is 1. The lowest BCUT2D eigenvalue weighted by Crippen LogP contribution is -2.02. The van der Waals surface area contributed by atoms with Gasteiger partial charge in [-0.05, 0) is 55.4 Å². The van der Waals surface area contributed by atoms with E-state index in [0.29, 0.717) is 13.0 Å². The number of aliphatic carboxylic acids is 1. The Morgan fingerprint density at radius 3 is 2.71 bits per heavy atom. The van der Waals surface area contributed by atoms with E-state index in [1.54, 1.807) is 0 Å². The van der Waals surface area contributed by atoms with Gasteiger partial charge < -0.3 is 9.84 Å². The van der Waals surface area contributed by atoms with Gasteiger partial charge >= 0.3 is 5.97 Å². The van der Waals surface area contributed by atoms with Crippen molar-refractivity contribution in [2.24, 2.45) is 0 Å². The number of carboxylic acid groups (broad SMARTS) is 1. The summed E-state index contributed by atoms with van der Waals surface area (Å²) in [6, 6.07) is 4.24. The van der Waals surface area contributed by atoms with Crippen molar-refractivity contribution >= 4 is 5.97 Å². The SMILES string of the molecule is CCOc1cc2c(cc1CCC(=O)O)CCC2. The Morgan fingerprint density at radius 1 is 1.35 bits per heavy atom. The first kappa shape index (κ1) is 12.0. The van der Waals surface area contributed by atoms with Crippen LogP contribution in [-0.4, -0.2) is 17.7 Å². The van der Waals surface area contributed by atoms with Gasteiger partial charge in [0.1, 0.15) is 5.75 Å². The van der Waals surface area contributed by atoms with Crippen LogP contribution in [0, 0.1) is 0 Å². The first-order chi connectivity index (χ1) is 8.20. The van der Waals surface area contributed by atoms with E-state index in [1.165, 1.54) is 17.5 Å². The smallest absolute Gasteiger partial charge is 0.303 e. The summed E-state index contributed by atoms with van der Waals surface area (Å²) in [5, 5.41) is 8.75. The number of carboxylic acids is 1. The van der Waals surface area contributed by atoms with Gasteiger partial charge in [0, 0.05) is 6.42 Å². The van der Waals surface area contributed by atoms with E-state index >= 15 is 0 Å². The Labute approximate surface area is 101 Å². The minimum atomic E-state index is -0.757. The van der Waals surface area contributed by atoms with Gasteiger partial charge in [0.05, 0.1) is 6.61 Å². The van der Waals surface area contributed by atoms with E-state index in [4.69, 9.17) is 9.84 Å². The van der Waals surface area contributed by atoms with Gasteiger partial charge in [0.15, 0.2) is 0 Å². The Bertz CT molecular complexity index is 424. The first-order valence-electron chi connectivity index (χ1n) is 6.20. The largest absolute Gasteiger partial charge is 0.494 e. The zero-order valence-corrected chi connectivity index (χ0v) is 10.2. The van der Waals surface area contributed by atoms with Crippen LogP contribution in [0.15, 0.2) is 12.1 Å². The van der Waals surface area contributed by atoms with Crippen molar-refractivity contribution in [3.05, 3.63) is 28.8 Å². The van der Waals surface area contributed by atoms with Gasteiger partial charge in [-0.3, -0.25) is 4.79 Å². The molecule has 0 atom stereocenters. The molecule has 1 aliphatic carbocycles. The normalized spacial score (nSPS) is 13.5. The van der Waals surface area contributed by atoms with Crippen molar-refractivity contribution in [3.8, 4) is 5.75 Å². The van der Waals surface area contributed by atoms with Crippen LogP contribution in [0.5, 0.6) is 5.75 Å². The fourth-order valence-electron chi connectivity index (χ4n) is 2.38. The highest BCUT2D eigenvalue weighted by Gasteiger charge is 2.15. The fraction of sp³-hybridized carbons (Fsp3) is 0.500. The van der Waals surface area contributed by atoms with Crippen molar-refractivity contribution < 1.29 is 14.6 Å². The van der Waals surface area contributed by atoms with Gasteiger partial charge in [-0.25, -0.2) is 0 Å². The molecule has 1 aromatic carbocycles. The van der Waals surface area contributed by atoms with E-state index < -0.39 is 5.97 Å². The van der Waals surface area contributed by atoms with Crippen LogP contribution in [0.3, 0.4) is 0 Å². The highest BCUT2D eigenvalue weighted by Crippen LogP contribution is 2.30. The average molecular weight is 234 g/mol. The van der Waals surface area contributed by atoms with E-state index in [-0.39, 0.29) is 6.42 Å². The molecule has 0 heterocycles. The quantitative estimate of drug-likeness (QED) is 0.851. The molecular weight excluding hydrogens is 216 g/mol. The van der Waals surface area contributed by atoms with Gasteiger partial charge in [-0.1, -0.05) is 6.07 Å². The number of fused-ring (bicyclic) bond motifs is 1. The highest BCUT2D eigenvalue weighted by atomic mass is 16.5. The molecule has 0 amide bonds. The van der Waals surface area contributed by atoms with E-state index in [1.807, 2.05) is 6.92 Å². The molecule has 0 saturated carbocycles. The van der Waals surface area contributed by atoms with Gasteiger partial charge in [0.25, 0.3) is 0 Å². The second-order valence-electron chi connectivity index (χ2n) is 4.41. The zero-order chi connectivity index (χ0) is 12.3. The third-order valence-corrected chi connectivity index (χ3v) is 3.18. The van der Waals surface area contributed by atoms with Crippen LogP contribution >= 0.6 is 0 Å². The van der Waals surface area contributed by atoms with Crippen LogP contribution in [-0.2, 0) is 24.1 Å². The number of rotatable bonds is 5. The molecule has 0 aromatic heterocycles. The number of hydrogen-bond acceptors (Lipinski definition) is 2. The summed E-state index contributed by atoms with van der Waals surface area (Å²) < 4.78 is 5.60. The van der Waals surface area contributed by atoms with Gasteiger partial charge in [0.2, 0.25) is 0 Å². The van der Waals surface area contributed by atoms with Crippen LogP contribution in [0.2, 0.25) is 0 Å². The van der Waals surface area contributed by atoms with Crippen molar-refractivity contribution in [1.29, 1.82) is 0 Å². The molecule has 3 nitrogen and oxygen atoms in total. The summed E-state index contributed by atoms with van der Waals surface area (Å²) in [6.45, 7) is 2.58. The summed E-state index contributed by atoms with van der Waals surface area (Å²) >= 11 is 0. The lowest BCUT2D eigenvalue weighted by atomic mass is 10.0. The Kier molecular flexibility index (Phi) is 3.67. The number of aryl methyl sites for hydroxylation is 3. The monoisotopic (exact) mass is 234 g/mol. The van der Waals surface area contributed by atoms with Crippen LogP contribution in [0.1, 0.15) is 36.5 Å². The second-order valence-corrected chi connectivity index (χ2v) is 4.41. The first-order valence-corrected chi connectivity index (χ1v) is 6.20. The zero-order valence-electron chi connectivity index (χ0n) is 10.2. The van der Waals surface area contributed by atoms with Gasteiger partial charge in [-0.2, -0.15) is 0 Å². The molecule has 0 unspecified atom stereocenters. The highest BCUT2D eigenvalue weighted by molar-refractivity contribution is 5.67. The molecule has 1 aromatic rings. The molecule has 0 radical (unpaired) electrons. The summed E-state index contributed by atoms with van der Waals surface area (Å²) in [6.07, 6.45) is 4.15. The maximum Gasteiger partial charge on any atom is 0.303 e. The second kappa shape index (κ2) is 5.21. The maximum atomic E-state index is 10.6. The Morgan fingerprint density at radius 2 is 2.06 bits per heavy atom. The minimum Gasteiger partial charge on any atom is -0.494 e. The third-order valence-electron chi connectivity index (χ3n) is 3.18. The Balaban J connectivity index is 2.24. The Hall–Kier alpha value is -1.51. The summed E-state index contributed by atoms with van der Waals surface area (Å²) in [5.74, 6) is 0.113. The van der Waals surface area contributed by atoms with E-state index in [9.17, 15) is 4.79 Å². The third kappa shape index (κ3) is 2.78. The van der Waals surface area contributed by atoms with Gasteiger partial charge in [-0.15, -0.1) is 0 Å². The molecule has 2 rings (SSSR count). The standard InChI is InChI=1S/C14H18O3/c1-2-17-13-9-11-5-3-4-10(11)8-12(13)6-7-14(15)16/h8-9H,2-7H2,1H3,(H,15,16).